The average Bonchev–Trinajstić information content (AvgIpc) is 2.81. The second-order valence-electron chi connectivity index (χ2n) is 3.93. The zero-order chi connectivity index (χ0) is 13.0. The van der Waals surface area contributed by atoms with E-state index in [1.54, 1.807) is 0 Å². The first kappa shape index (κ1) is 13.8. The summed E-state index contributed by atoms with van der Waals surface area (Å²) < 4.78 is 6.60. The largest absolute Gasteiger partial charge is 0.443 e. The van der Waals surface area contributed by atoms with Gasteiger partial charge in [0.25, 0.3) is 0 Å². The minimum atomic E-state index is 0.703. The van der Waals surface area contributed by atoms with Crippen LogP contribution in [0.15, 0.2) is 29.0 Å². The summed E-state index contributed by atoms with van der Waals surface area (Å²) in [5.74, 6) is 0.797. The van der Waals surface area contributed by atoms with Crippen LogP contribution in [0.5, 0.6) is 0 Å². The molecule has 0 amide bonds. The first-order chi connectivity index (χ1) is 8.72. The molecule has 0 unspecified atom stereocenters. The van der Waals surface area contributed by atoms with E-state index in [0.29, 0.717) is 11.6 Å². The third kappa shape index (κ3) is 3.24. The Hall–Kier alpha value is -0.590. The molecule has 0 saturated heterocycles. The fourth-order valence-electron chi connectivity index (χ4n) is 1.67. The fraction of sp³-hybridized carbons (Fsp3) is 0.308. The number of hydrogen-bond donors (Lipinski definition) is 1. The summed E-state index contributed by atoms with van der Waals surface area (Å²) in [7, 11) is 0. The summed E-state index contributed by atoms with van der Waals surface area (Å²) in [5, 5.41) is 4.03. The number of oxazole rings is 1. The molecule has 0 radical (unpaired) electrons. The van der Waals surface area contributed by atoms with Gasteiger partial charge in [0.1, 0.15) is 5.69 Å². The van der Waals surface area contributed by atoms with Crippen LogP contribution in [0.3, 0.4) is 0 Å². The molecule has 1 aromatic carbocycles. The number of nitrogens with one attached hydrogen (secondary N) is 1. The van der Waals surface area contributed by atoms with Crippen molar-refractivity contribution in [3.05, 3.63) is 38.9 Å². The fourth-order valence-corrected chi connectivity index (χ4v) is 2.42. The summed E-state index contributed by atoms with van der Waals surface area (Å²) in [5.41, 5.74) is 1.91. The van der Waals surface area contributed by atoms with Crippen molar-refractivity contribution < 1.29 is 4.42 Å². The third-order valence-electron chi connectivity index (χ3n) is 2.53. The molecule has 96 valence electrons. The monoisotopic (exact) mass is 376 g/mol. The summed E-state index contributed by atoms with van der Waals surface area (Å²) in [6.45, 7) is 3.82. The van der Waals surface area contributed by atoms with Crippen LogP contribution >= 0.6 is 34.2 Å². The molecule has 0 saturated carbocycles. The van der Waals surface area contributed by atoms with E-state index >= 15 is 0 Å². The van der Waals surface area contributed by atoms with Gasteiger partial charge in [0.05, 0.1) is 0 Å². The standard InChI is InChI=1S/C13H14ClIN2O/c1-2-5-16-7-12-13(18-8-17-12)10-6-9(14)3-4-11(10)15/h3-4,6,8,16H,2,5,7H2,1H3. The Bertz CT molecular complexity index is 527. The van der Waals surface area contributed by atoms with Crippen molar-refractivity contribution in [3.8, 4) is 11.3 Å². The van der Waals surface area contributed by atoms with Crippen LogP contribution in [-0.4, -0.2) is 11.5 Å². The van der Waals surface area contributed by atoms with Crippen molar-refractivity contribution in [1.29, 1.82) is 0 Å². The molecule has 3 nitrogen and oxygen atoms in total. The van der Waals surface area contributed by atoms with Gasteiger partial charge in [0.15, 0.2) is 12.2 Å². The number of rotatable bonds is 5. The van der Waals surface area contributed by atoms with Crippen LogP contribution in [0, 0.1) is 3.57 Å². The van der Waals surface area contributed by atoms with Gasteiger partial charge in [-0.2, -0.15) is 0 Å². The van der Waals surface area contributed by atoms with Crippen LogP contribution in [0.1, 0.15) is 19.0 Å². The van der Waals surface area contributed by atoms with Crippen molar-refractivity contribution in [3.63, 3.8) is 0 Å². The molecule has 0 fully saturated rings. The van der Waals surface area contributed by atoms with Crippen LogP contribution in [0.4, 0.5) is 0 Å². The van der Waals surface area contributed by atoms with Crippen molar-refractivity contribution in [2.75, 3.05) is 6.54 Å². The summed E-state index contributed by atoms with van der Waals surface area (Å²) >= 11 is 8.30. The highest BCUT2D eigenvalue weighted by Crippen LogP contribution is 2.30. The number of halogens is 2. The summed E-state index contributed by atoms with van der Waals surface area (Å²) in [4.78, 5) is 4.26. The molecule has 0 spiro atoms. The zero-order valence-corrected chi connectivity index (χ0v) is 13.0. The Kier molecular flexibility index (Phi) is 5.03. The maximum Gasteiger partial charge on any atom is 0.181 e. The normalized spacial score (nSPS) is 10.8. The predicted octanol–water partition coefficient (Wildman–Crippen LogP) is 4.10. The number of hydrogen-bond acceptors (Lipinski definition) is 3. The smallest absolute Gasteiger partial charge is 0.181 e. The van der Waals surface area contributed by atoms with Gasteiger partial charge in [-0.1, -0.05) is 18.5 Å². The van der Waals surface area contributed by atoms with E-state index in [4.69, 9.17) is 16.0 Å². The van der Waals surface area contributed by atoms with E-state index < -0.39 is 0 Å². The Morgan fingerprint density at radius 3 is 3.06 bits per heavy atom. The van der Waals surface area contributed by atoms with Gasteiger partial charge in [-0.15, -0.1) is 0 Å². The lowest BCUT2D eigenvalue weighted by Crippen LogP contribution is -2.14. The maximum atomic E-state index is 6.03. The highest BCUT2D eigenvalue weighted by molar-refractivity contribution is 14.1. The van der Waals surface area contributed by atoms with Crippen molar-refractivity contribution in [1.82, 2.24) is 10.3 Å². The second-order valence-corrected chi connectivity index (χ2v) is 5.53. The molecule has 0 aliphatic carbocycles. The molecule has 2 rings (SSSR count). The highest BCUT2D eigenvalue weighted by atomic mass is 127. The van der Waals surface area contributed by atoms with E-state index in [9.17, 15) is 0 Å². The molecule has 5 heteroatoms. The molecule has 0 bridgehead atoms. The molecule has 2 aromatic rings. The molecular weight excluding hydrogens is 363 g/mol. The molecule has 0 atom stereocenters. The van der Waals surface area contributed by atoms with E-state index in [0.717, 1.165) is 33.6 Å². The Morgan fingerprint density at radius 2 is 2.28 bits per heavy atom. The summed E-state index contributed by atoms with van der Waals surface area (Å²) in [6.07, 6.45) is 2.58. The van der Waals surface area contributed by atoms with Crippen LogP contribution < -0.4 is 5.32 Å². The number of nitrogens with zero attached hydrogens (tertiary/aromatic N) is 1. The lowest BCUT2D eigenvalue weighted by atomic mass is 10.1. The van der Waals surface area contributed by atoms with Crippen molar-refractivity contribution in [2.24, 2.45) is 0 Å². The maximum absolute atomic E-state index is 6.03. The van der Waals surface area contributed by atoms with Gasteiger partial charge in [-0.3, -0.25) is 0 Å². The average molecular weight is 377 g/mol. The molecule has 0 aliphatic rings. The Balaban J connectivity index is 2.27. The number of aromatic nitrogens is 1. The van der Waals surface area contributed by atoms with E-state index in [2.05, 4.69) is 39.8 Å². The van der Waals surface area contributed by atoms with Gasteiger partial charge < -0.3 is 9.73 Å². The SMILES string of the molecule is CCCNCc1ncoc1-c1cc(Cl)ccc1I. The van der Waals surface area contributed by atoms with Gasteiger partial charge in [0.2, 0.25) is 0 Å². The van der Waals surface area contributed by atoms with Crippen LogP contribution in [0.2, 0.25) is 5.02 Å². The van der Waals surface area contributed by atoms with E-state index in [1.165, 1.54) is 6.39 Å². The second kappa shape index (κ2) is 6.54. The minimum absolute atomic E-state index is 0.703. The van der Waals surface area contributed by atoms with Crippen LogP contribution in [0.25, 0.3) is 11.3 Å². The molecule has 0 aliphatic heterocycles. The van der Waals surface area contributed by atoms with E-state index in [-0.39, 0.29) is 0 Å². The summed E-state index contributed by atoms with van der Waals surface area (Å²) in [6, 6.07) is 5.76. The van der Waals surface area contributed by atoms with Crippen LogP contribution in [-0.2, 0) is 6.54 Å². The zero-order valence-electron chi connectivity index (χ0n) is 10.0. The van der Waals surface area contributed by atoms with Gasteiger partial charge in [0, 0.05) is 20.7 Å². The van der Waals surface area contributed by atoms with Gasteiger partial charge >= 0.3 is 0 Å². The molecule has 1 heterocycles. The minimum Gasteiger partial charge on any atom is -0.443 e. The molecule has 1 aromatic heterocycles. The predicted molar refractivity (Wildman–Crippen MR) is 81.7 cm³/mol. The molecule has 1 N–H and O–H groups in total. The number of benzene rings is 1. The first-order valence-corrected chi connectivity index (χ1v) is 7.26. The molecule has 18 heavy (non-hydrogen) atoms. The van der Waals surface area contributed by atoms with E-state index in [1.807, 2.05) is 18.2 Å². The van der Waals surface area contributed by atoms with Gasteiger partial charge in [-0.25, -0.2) is 4.98 Å². The lowest BCUT2D eigenvalue weighted by Gasteiger charge is -2.05. The highest BCUT2D eigenvalue weighted by Gasteiger charge is 2.13. The third-order valence-corrected chi connectivity index (χ3v) is 3.71. The van der Waals surface area contributed by atoms with Crippen molar-refractivity contribution in [2.45, 2.75) is 19.9 Å². The van der Waals surface area contributed by atoms with Crippen molar-refractivity contribution >= 4 is 34.2 Å². The Labute approximate surface area is 125 Å². The first-order valence-electron chi connectivity index (χ1n) is 5.81. The molecular formula is C13H14ClIN2O. The van der Waals surface area contributed by atoms with Gasteiger partial charge in [-0.05, 0) is 53.8 Å². The lowest BCUT2D eigenvalue weighted by molar-refractivity contribution is 0.569. The topological polar surface area (TPSA) is 38.1 Å². The quantitative estimate of drug-likeness (QED) is 0.631. The Morgan fingerprint density at radius 1 is 1.44 bits per heavy atom.